The molecule has 4 heterocycles. The molecule has 5 nitrogen and oxygen atoms in total. The van der Waals surface area contributed by atoms with Crippen molar-refractivity contribution in [3.8, 4) is 0 Å². The fourth-order valence-electron chi connectivity index (χ4n) is 3.21. The first-order valence-corrected chi connectivity index (χ1v) is 13.0. The average Bonchev–Trinajstić information content (AvgIpc) is 3.57. The summed E-state index contributed by atoms with van der Waals surface area (Å²) in [5.74, 6) is 0. The zero-order valence-corrected chi connectivity index (χ0v) is 25.0. The van der Waals surface area contributed by atoms with Crippen LogP contribution in [0.2, 0.25) is 0 Å². The highest BCUT2D eigenvalue weighted by atomic mass is 14.9. The van der Waals surface area contributed by atoms with Crippen molar-refractivity contribution < 1.29 is 0 Å². The largest absolute Gasteiger partial charge is 0.348 e. The van der Waals surface area contributed by atoms with E-state index >= 15 is 0 Å². The maximum Gasteiger partial charge on any atom is 0.0921 e. The number of aromatic amines is 1. The molecule has 36 heavy (non-hydrogen) atoms. The van der Waals surface area contributed by atoms with Gasteiger partial charge in [0, 0.05) is 53.5 Å². The normalized spacial score (nSPS) is 16.7. The molecule has 3 aliphatic heterocycles. The van der Waals surface area contributed by atoms with E-state index in [-0.39, 0.29) is 10.8 Å². The van der Waals surface area contributed by atoms with Gasteiger partial charge in [-0.2, -0.15) is 0 Å². The molecule has 0 amide bonds. The molecule has 0 bridgehead atoms. The predicted molar refractivity (Wildman–Crippen MR) is 160 cm³/mol. The number of H-pyrrole nitrogens is 1. The quantitative estimate of drug-likeness (QED) is 0.389. The van der Waals surface area contributed by atoms with E-state index in [0.717, 1.165) is 19.5 Å². The maximum atomic E-state index is 4.24. The van der Waals surface area contributed by atoms with Crippen LogP contribution in [0.15, 0.2) is 63.1 Å². The topological polar surface area (TPSA) is 65.8 Å². The van der Waals surface area contributed by atoms with Crippen molar-refractivity contribution in [2.75, 3.05) is 13.1 Å². The van der Waals surface area contributed by atoms with E-state index in [2.05, 4.69) is 126 Å². The Labute approximate surface area is 221 Å². The van der Waals surface area contributed by atoms with E-state index < -0.39 is 0 Å². The predicted octanol–water partition coefficient (Wildman–Crippen LogP) is 8.18. The maximum absolute atomic E-state index is 4.24. The van der Waals surface area contributed by atoms with Crippen LogP contribution in [-0.4, -0.2) is 41.2 Å². The molecule has 0 saturated heterocycles. The Morgan fingerprint density at radius 3 is 1.67 bits per heavy atom. The van der Waals surface area contributed by atoms with E-state index in [9.17, 15) is 0 Å². The third kappa shape index (κ3) is 11.9. The van der Waals surface area contributed by atoms with Crippen molar-refractivity contribution in [2.24, 2.45) is 31.2 Å². The first kappa shape index (κ1) is 31.5. The molecule has 4 rings (SSSR count). The van der Waals surface area contributed by atoms with E-state index in [0.29, 0.717) is 10.8 Å². The summed E-state index contributed by atoms with van der Waals surface area (Å²) in [6, 6.07) is 0. The Hall–Kier alpha value is -2.56. The van der Waals surface area contributed by atoms with Crippen LogP contribution in [0, 0.1) is 16.2 Å². The average molecular weight is 494 g/mol. The van der Waals surface area contributed by atoms with Gasteiger partial charge in [0.25, 0.3) is 0 Å². The summed E-state index contributed by atoms with van der Waals surface area (Å²) in [4.78, 5) is 19.5. The number of hydrogen-bond donors (Lipinski definition) is 1. The number of allylic oxidation sites excluding steroid dienone is 3. The summed E-state index contributed by atoms with van der Waals surface area (Å²) in [5.41, 5.74) is 6.35. The molecule has 3 aliphatic rings. The molecule has 0 aliphatic carbocycles. The molecule has 0 fully saturated rings. The van der Waals surface area contributed by atoms with Gasteiger partial charge in [0.2, 0.25) is 0 Å². The molecule has 0 aromatic carbocycles. The van der Waals surface area contributed by atoms with E-state index in [1.165, 1.54) is 22.6 Å². The second-order valence-corrected chi connectivity index (χ2v) is 13.5. The number of nitrogens with one attached hydrogen (secondary N) is 1. The van der Waals surface area contributed by atoms with Crippen molar-refractivity contribution in [3.63, 3.8) is 0 Å². The van der Waals surface area contributed by atoms with Gasteiger partial charge in [-0.3, -0.25) is 15.0 Å². The molecule has 0 spiro atoms. The number of hydrogen-bond acceptors (Lipinski definition) is 4. The molecule has 0 saturated carbocycles. The summed E-state index contributed by atoms with van der Waals surface area (Å²) in [6.45, 7) is 28.1. The molecular weight excluding hydrogens is 442 g/mol. The summed E-state index contributed by atoms with van der Waals surface area (Å²) < 4.78 is 0. The van der Waals surface area contributed by atoms with Gasteiger partial charge in [0.05, 0.1) is 19.4 Å². The highest BCUT2D eigenvalue weighted by molar-refractivity contribution is 5.92. The standard InChI is InChI=1S/3C8H13N.C7H12N2/c2*1-8(2,3)7-4-5-9-6-7;1-8(2,3)7-5-4-6-9-7;1-7(2,3)6-4-8-5-9-6/h4,6H,5H2,1-3H3;4-5H,6H2,1-3H3;4,6H,5H2,1-3H3;4-5H,1-3H3,(H,8,9). The van der Waals surface area contributed by atoms with Crippen molar-refractivity contribution in [2.45, 2.75) is 94.9 Å². The van der Waals surface area contributed by atoms with Gasteiger partial charge in [-0.1, -0.05) is 95.2 Å². The van der Waals surface area contributed by atoms with Crippen LogP contribution in [0.3, 0.4) is 0 Å². The van der Waals surface area contributed by atoms with Crippen LogP contribution >= 0.6 is 0 Å². The fourth-order valence-corrected chi connectivity index (χ4v) is 3.21. The number of aliphatic imine (C=N–C) groups is 3. The summed E-state index contributed by atoms with van der Waals surface area (Å²) in [5, 5.41) is 0. The van der Waals surface area contributed by atoms with Gasteiger partial charge in [-0.15, -0.1) is 0 Å². The second-order valence-electron chi connectivity index (χ2n) is 13.5. The van der Waals surface area contributed by atoms with Crippen LogP contribution in [0.4, 0.5) is 0 Å². The molecule has 200 valence electrons. The minimum absolute atomic E-state index is 0.205. The third-order valence-corrected chi connectivity index (χ3v) is 5.94. The van der Waals surface area contributed by atoms with Gasteiger partial charge in [0.1, 0.15) is 0 Å². The molecule has 1 aromatic rings. The lowest BCUT2D eigenvalue weighted by atomic mass is 9.87. The Morgan fingerprint density at radius 1 is 0.778 bits per heavy atom. The lowest BCUT2D eigenvalue weighted by molar-refractivity contribution is 0.499. The van der Waals surface area contributed by atoms with Crippen LogP contribution in [0.1, 0.15) is 95.2 Å². The van der Waals surface area contributed by atoms with Gasteiger partial charge in [0.15, 0.2) is 0 Å². The summed E-state index contributed by atoms with van der Waals surface area (Å²) in [7, 11) is 0. The molecule has 0 atom stereocenters. The van der Waals surface area contributed by atoms with E-state index in [4.69, 9.17) is 0 Å². The van der Waals surface area contributed by atoms with Crippen molar-refractivity contribution in [1.29, 1.82) is 0 Å². The van der Waals surface area contributed by atoms with Crippen LogP contribution in [-0.2, 0) is 5.41 Å². The first-order valence-electron chi connectivity index (χ1n) is 13.0. The lowest BCUT2D eigenvalue weighted by Crippen LogP contribution is -2.17. The lowest BCUT2D eigenvalue weighted by Gasteiger charge is -2.18. The Morgan fingerprint density at radius 2 is 1.44 bits per heavy atom. The molecular formula is C31H51N5. The van der Waals surface area contributed by atoms with Crippen molar-refractivity contribution in [1.82, 2.24) is 9.97 Å². The zero-order chi connectivity index (χ0) is 27.6. The van der Waals surface area contributed by atoms with E-state index in [1.807, 2.05) is 24.8 Å². The SMILES string of the molecule is CC(C)(C)C1=CC=NC1.CC(C)(C)C1=CCN=C1.CC(C)(C)C1=NC=CC1.CC(C)(C)c1cnc[nH]1. The van der Waals surface area contributed by atoms with Gasteiger partial charge >= 0.3 is 0 Å². The Kier molecular flexibility index (Phi) is 11.5. The molecule has 1 aromatic heterocycles. The number of aromatic nitrogens is 2. The van der Waals surface area contributed by atoms with Crippen molar-refractivity contribution in [3.05, 3.63) is 53.8 Å². The Bertz CT molecular complexity index is 932. The highest BCUT2D eigenvalue weighted by Crippen LogP contribution is 2.26. The third-order valence-electron chi connectivity index (χ3n) is 5.94. The second kappa shape index (κ2) is 13.1. The zero-order valence-electron chi connectivity index (χ0n) is 25.0. The number of rotatable bonds is 0. The first-order chi connectivity index (χ1) is 16.4. The number of imidazole rings is 1. The molecule has 0 radical (unpaired) electrons. The minimum atomic E-state index is 0.205. The van der Waals surface area contributed by atoms with Gasteiger partial charge < -0.3 is 4.98 Å². The Balaban J connectivity index is 0.000000240. The van der Waals surface area contributed by atoms with E-state index in [1.54, 1.807) is 6.33 Å². The van der Waals surface area contributed by atoms with Gasteiger partial charge in [-0.05, 0) is 28.1 Å². The van der Waals surface area contributed by atoms with Crippen LogP contribution < -0.4 is 0 Å². The minimum Gasteiger partial charge on any atom is -0.348 e. The van der Waals surface area contributed by atoms with Crippen LogP contribution in [0.25, 0.3) is 0 Å². The summed E-state index contributed by atoms with van der Waals surface area (Å²) in [6.07, 6.45) is 16.8. The van der Waals surface area contributed by atoms with Crippen molar-refractivity contribution >= 4 is 18.1 Å². The monoisotopic (exact) mass is 493 g/mol. The van der Waals surface area contributed by atoms with Crippen LogP contribution in [0.5, 0.6) is 0 Å². The molecule has 5 heteroatoms. The smallest absolute Gasteiger partial charge is 0.0921 e. The highest BCUT2D eigenvalue weighted by Gasteiger charge is 2.19. The molecule has 1 N–H and O–H groups in total. The fraction of sp³-hybridized carbons (Fsp3) is 0.613. The van der Waals surface area contributed by atoms with Gasteiger partial charge in [-0.25, -0.2) is 4.98 Å². The summed E-state index contributed by atoms with van der Waals surface area (Å²) >= 11 is 0. The molecule has 0 unspecified atom stereocenters. The number of nitrogens with zero attached hydrogens (tertiary/aromatic N) is 4.